The van der Waals surface area contributed by atoms with Crippen molar-refractivity contribution in [1.82, 2.24) is 9.55 Å². The molecule has 4 heteroatoms. The molecule has 3 rings (SSSR count). The number of hydrogen-bond donors (Lipinski definition) is 1. The van der Waals surface area contributed by atoms with E-state index in [1.54, 1.807) is 0 Å². The summed E-state index contributed by atoms with van der Waals surface area (Å²) in [6.07, 6.45) is 0. The van der Waals surface area contributed by atoms with Crippen molar-refractivity contribution < 1.29 is 5.11 Å². The van der Waals surface area contributed by atoms with Gasteiger partial charge in [-0.1, -0.05) is 41.9 Å². The Hall–Kier alpha value is -1.84. The second-order valence-corrected chi connectivity index (χ2v) is 4.76. The van der Waals surface area contributed by atoms with E-state index in [4.69, 9.17) is 11.6 Å². The van der Waals surface area contributed by atoms with Crippen LogP contribution in [-0.4, -0.2) is 14.7 Å². The number of nitrogens with zero attached hydrogens (tertiary/aromatic N) is 2. The van der Waals surface area contributed by atoms with Crippen LogP contribution >= 0.6 is 11.6 Å². The zero-order chi connectivity index (χ0) is 13.2. The molecule has 2 aromatic carbocycles. The van der Waals surface area contributed by atoms with Gasteiger partial charge in [0.2, 0.25) is 0 Å². The van der Waals surface area contributed by atoms with Crippen LogP contribution in [0.3, 0.4) is 0 Å². The fourth-order valence-corrected chi connectivity index (χ4v) is 2.41. The van der Waals surface area contributed by atoms with Crippen molar-refractivity contribution in [2.24, 2.45) is 0 Å². The Balaban J connectivity index is 2.12. The average Bonchev–Trinajstić information content (AvgIpc) is 2.79. The molecule has 0 unspecified atom stereocenters. The molecule has 0 fully saturated rings. The Morgan fingerprint density at radius 3 is 2.58 bits per heavy atom. The van der Waals surface area contributed by atoms with Crippen LogP contribution in [0, 0.1) is 0 Å². The highest BCUT2D eigenvalue weighted by molar-refractivity contribution is 6.31. The maximum atomic E-state index is 9.45. The molecule has 1 N–H and O–H groups in total. The van der Waals surface area contributed by atoms with E-state index in [1.807, 2.05) is 53.1 Å². The summed E-state index contributed by atoms with van der Waals surface area (Å²) in [5.74, 6) is 0.654. The van der Waals surface area contributed by atoms with Gasteiger partial charge in [-0.3, -0.25) is 0 Å². The summed E-state index contributed by atoms with van der Waals surface area (Å²) in [7, 11) is 0. The lowest BCUT2D eigenvalue weighted by Crippen LogP contribution is -2.05. The van der Waals surface area contributed by atoms with Gasteiger partial charge in [0.05, 0.1) is 17.6 Å². The number of imidazole rings is 1. The van der Waals surface area contributed by atoms with Crippen LogP contribution in [0.4, 0.5) is 0 Å². The molecular formula is C15H13ClN2O. The van der Waals surface area contributed by atoms with Crippen molar-refractivity contribution in [3.63, 3.8) is 0 Å². The predicted molar refractivity (Wildman–Crippen MR) is 76.2 cm³/mol. The van der Waals surface area contributed by atoms with Crippen LogP contribution in [0.5, 0.6) is 0 Å². The molecule has 1 aromatic heterocycles. The second-order valence-electron chi connectivity index (χ2n) is 4.35. The molecule has 0 saturated heterocycles. The topological polar surface area (TPSA) is 38.1 Å². The summed E-state index contributed by atoms with van der Waals surface area (Å²) < 4.78 is 2.00. The average molecular weight is 273 g/mol. The van der Waals surface area contributed by atoms with Crippen LogP contribution < -0.4 is 0 Å². The molecule has 96 valence electrons. The Morgan fingerprint density at radius 2 is 1.79 bits per heavy atom. The van der Waals surface area contributed by atoms with Crippen molar-refractivity contribution >= 4 is 22.6 Å². The summed E-state index contributed by atoms with van der Waals surface area (Å²) in [5.41, 5.74) is 2.91. The smallest absolute Gasteiger partial charge is 0.136 e. The van der Waals surface area contributed by atoms with Crippen molar-refractivity contribution in [1.29, 1.82) is 0 Å². The van der Waals surface area contributed by atoms with Crippen LogP contribution in [-0.2, 0) is 13.2 Å². The summed E-state index contributed by atoms with van der Waals surface area (Å²) in [6, 6.07) is 15.6. The van der Waals surface area contributed by atoms with Crippen molar-refractivity contribution in [3.05, 3.63) is 64.9 Å². The van der Waals surface area contributed by atoms with Crippen molar-refractivity contribution in [2.75, 3.05) is 0 Å². The summed E-state index contributed by atoms with van der Waals surface area (Å²) >= 11 is 6.19. The zero-order valence-corrected chi connectivity index (χ0v) is 11.0. The van der Waals surface area contributed by atoms with Crippen molar-refractivity contribution in [2.45, 2.75) is 13.2 Å². The fraction of sp³-hybridized carbons (Fsp3) is 0.133. The molecule has 0 atom stereocenters. The monoisotopic (exact) mass is 272 g/mol. The van der Waals surface area contributed by atoms with E-state index in [9.17, 15) is 5.11 Å². The largest absolute Gasteiger partial charge is 0.388 e. The third kappa shape index (κ3) is 2.23. The fourth-order valence-electron chi connectivity index (χ4n) is 2.22. The van der Waals surface area contributed by atoms with Gasteiger partial charge < -0.3 is 9.67 Å². The molecule has 0 spiro atoms. The predicted octanol–water partition coefficient (Wildman–Crippen LogP) is 3.23. The Labute approximate surface area is 116 Å². The van der Waals surface area contributed by atoms with Gasteiger partial charge in [-0.25, -0.2) is 4.98 Å². The number of rotatable bonds is 3. The quantitative estimate of drug-likeness (QED) is 0.795. The molecule has 1 heterocycles. The van der Waals surface area contributed by atoms with Gasteiger partial charge in [-0.2, -0.15) is 0 Å². The van der Waals surface area contributed by atoms with Gasteiger partial charge in [-0.15, -0.1) is 0 Å². The summed E-state index contributed by atoms with van der Waals surface area (Å²) in [4.78, 5) is 4.43. The van der Waals surface area contributed by atoms with Crippen LogP contribution in [0.25, 0.3) is 11.0 Å². The Kier molecular flexibility index (Phi) is 3.23. The number of aliphatic hydroxyl groups excluding tert-OH is 1. The van der Waals surface area contributed by atoms with Gasteiger partial charge in [0, 0.05) is 5.02 Å². The van der Waals surface area contributed by atoms with Gasteiger partial charge >= 0.3 is 0 Å². The van der Waals surface area contributed by atoms with E-state index in [-0.39, 0.29) is 6.61 Å². The first-order valence-electron chi connectivity index (χ1n) is 6.08. The van der Waals surface area contributed by atoms with Gasteiger partial charge in [0.25, 0.3) is 0 Å². The molecule has 0 radical (unpaired) electrons. The highest BCUT2D eigenvalue weighted by atomic mass is 35.5. The lowest BCUT2D eigenvalue weighted by Gasteiger charge is -2.09. The van der Waals surface area contributed by atoms with Crippen molar-refractivity contribution in [3.8, 4) is 0 Å². The molecule has 0 amide bonds. The first kappa shape index (κ1) is 12.2. The maximum Gasteiger partial charge on any atom is 0.136 e. The third-order valence-electron chi connectivity index (χ3n) is 3.16. The van der Waals surface area contributed by atoms with E-state index in [0.29, 0.717) is 12.4 Å². The van der Waals surface area contributed by atoms with Crippen LogP contribution in [0.1, 0.15) is 11.4 Å². The van der Waals surface area contributed by atoms with Gasteiger partial charge in [-0.05, 0) is 23.8 Å². The minimum atomic E-state index is -0.0842. The molecule has 0 aliphatic carbocycles. The summed E-state index contributed by atoms with van der Waals surface area (Å²) in [6.45, 7) is 0.523. The molecule has 0 aliphatic rings. The number of halogens is 1. The minimum absolute atomic E-state index is 0.0842. The van der Waals surface area contributed by atoms with E-state index >= 15 is 0 Å². The standard InChI is InChI=1S/C15H13ClN2O/c16-12-6-2-1-5-11(12)9-18-14-8-4-3-7-13(14)17-15(18)10-19/h1-8,19H,9-10H2. The van der Waals surface area contributed by atoms with E-state index in [2.05, 4.69) is 4.98 Å². The molecule has 19 heavy (non-hydrogen) atoms. The minimum Gasteiger partial charge on any atom is -0.388 e. The SMILES string of the molecule is OCc1nc2ccccc2n1Cc1ccccc1Cl. The molecule has 0 bridgehead atoms. The first-order valence-corrected chi connectivity index (χ1v) is 6.46. The highest BCUT2D eigenvalue weighted by Gasteiger charge is 2.10. The first-order chi connectivity index (χ1) is 9.29. The lowest BCUT2D eigenvalue weighted by molar-refractivity contribution is 0.267. The number of fused-ring (bicyclic) bond motifs is 1. The lowest BCUT2D eigenvalue weighted by atomic mass is 10.2. The number of benzene rings is 2. The molecule has 0 saturated carbocycles. The second kappa shape index (κ2) is 5.03. The molecule has 0 aliphatic heterocycles. The van der Waals surface area contributed by atoms with Gasteiger partial charge in [0.1, 0.15) is 12.4 Å². The van der Waals surface area contributed by atoms with E-state index < -0.39 is 0 Å². The Bertz CT molecular complexity index is 721. The normalized spacial score (nSPS) is 11.1. The van der Waals surface area contributed by atoms with E-state index in [1.165, 1.54) is 0 Å². The number of para-hydroxylation sites is 2. The maximum absolute atomic E-state index is 9.45. The summed E-state index contributed by atoms with van der Waals surface area (Å²) in [5, 5.41) is 10.2. The molecular weight excluding hydrogens is 260 g/mol. The van der Waals surface area contributed by atoms with Crippen LogP contribution in [0.2, 0.25) is 5.02 Å². The van der Waals surface area contributed by atoms with Crippen LogP contribution in [0.15, 0.2) is 48.5 Å². The van der Waals surface area contributed by atoms with Gasteiger partial charge in [0.15, 0.2) is 0 Å². The third-order valence-corrected chi connectivity index (χ3v) is 3.53. The van der Waals surface area contributed by atoms with E-state index in [0.717, 1.165) is 21.6 Å². The number of aliphatic hydroxyl groups is 1. The number of aromatic nitrogens is 2. The highest BCUT2D eigenvalue weighted by Crippen LogP contribution is 2.21. The Morgan fingerprint density at radius 1 is 1.05 bits per heavy atom. The zero-order valence-electron chi connectivity index (χ0n) is 10.3. The molecule has 3 aromatic rings. The molecule has 3 nitrogen and oxygen atoms in total. The number of hydrogen-bond acceptors (Lipinski definition) is 2.